The SMILES string of the molecule is CCCN(CC(=O)Nc1ccc2c(c1)OCCCO2)Cc1ccccc1. The van der Waals surface area contributed by atoms with Gasteiger partial charge in [0.1, 0.15) is 0 Å². The van der Waals surface area contributed by atoms with Crippen molar-refractivity contribution in [2.24, 2.45) is 0 Å². The maximum Gasteiger partial charge on any atom is 0.238 e. The van der Waals surface area contributed by atoms with Crippen molar-refractivity contribution in [1.29, 1.82) is 0 Å². The molecule has 0 aliphatic carbocycles. The maximum absolute atomic E-state index is 12.5. The van der Waals surface area contributed by atoms with Gasteiger partial charge in [-0.15, -0.1) is 0 Å². The van der Waals surface area contributed by atoms with Crippen molar-refractivity contribution < 1.29 is 14.3 Å². The summed E-state index contributed by atoms with van der Waals surface area (Å²) >= 11 is 0. The third kappa shape index (κ3) is 5.23. The van der Waals surface area contributed by atoms with Crippen molar-refractivity contribution in [2.75, 3.05) is 31.6 Å². The molecule has 0 unspecified atom stereocenters. The van der Waals surface area contributed by atoms with E-state index in [0.29, 0.717) is 25.5 Å². The summed E-state index contributed by atoms with van der Waals surface area (Å²) in [6.07, 6.45) is 1.87. The van der Waals surface area contributed by atoms with Crippen LogP contribution < -0.4 is 14.8 Å². The highest BCUT2D eigenvalue weighted by molar-refractivity contribution is 5.92. The summed E-state index contributed by atoms with van der Waals surface area (Å²) in [7, 11) is 0. The molecule has 5 heteroatoms. The van der Waals surface area contributed by atoms with Gasteiger partial charge in [-0.3, -0.25) is 9.69 Å². The molecule has 1 amide bonds. The highest BCUT2D eigenvalue weighted by atomic mass is 16.5. The van der Waals surface area contributed by atoms with E-state index in [0.717, 1.165) is 37.4 Å². The van der Waals surface area contributed by atoms with Crippen LogP contribution in [0.2, 0.25) is 0 Å². The Bertz CT molecular complexity index is 718. The Morgan fingerprint density at radius 3 is 2.62 bits per heavy atom. The van der Waals surface area contributed by atoms with Gasteiger partial charge in [-0.2, -0.15) is 0 Å². The van der Waals surface area contributed by atoms with Crippen LogP contribution in [-0.4, -0.2) is 37.1 Å². The van der Waals surface area contributed by atoms with E-state index >= 15 is 0 Å². The van der Waals surface area contributed by atoms with Crippen molar-refractivity contribution in [1.82, 2.24) is 4.90 Å². The van der Waals surface area contributed by atoms with Crippen molar-refractivity contribution in [3.63, 3.8) is 0 Å². The van der Waals surface area contributed by atoms with Crippen LogP contribution >= 0.6 is 0 Å². The number of hydrogen-bond donors (Lipinski definition) is 1. The number of carbonyl (C=O) groups excluding carboxylic acids is 1. The first kappa shape index (κ1) is 18.3. The van der Waals surface area contributed by atoms with Gasteiger partial charge in [0.2, 0.25) is 5.91 Å². The number of benzene rings is 2. The van der Waals surface area contributed by atoms with Crippen molar-refractivity contribution in [3.05, 3.63) is 54.1 Å². The summed E-state index contributed by atoms with van der Waals surface area (Å²) < 4.78 is 11.3. The van der Waals surface area contributed by atoms with Gasteiger partial charge in [0, 0.05) is 24.7 Å². The van der Waals surface area contributed by atoms with Crippen LogP contribution in [0.5, 0.6) is 11.5 Å². The minimum absolute atomic E-state index is 0.0242. The lowest BCUT2D eigenvalue weighted by atomic mass is 10.2. The molecule has 0 saturated heterocycles. The van der Waals surface area contributed by atoms with Gasteiger partial charge in [-0.1, -0.05) is 37.3 Å². The second-order valence-electron chi connectivity index (χ2n) is 6.46. The van der Waals surface area contributed by atoms with E-state index in [1.807, 2.05) is 36.4 Å². The van der Waals surface area contributed by atoms with Crippen molar-refractivity contribution >= 4 is 11.6 Å². The molecule has 0 bridgehead atoms. The zero-order valence-electron chi connectivity index (χ0n) is 15.2. The van der Waals surface area contributed by atoms with Crippen LogP contribution in [-0.2, 0) is 11.3 Å². The first-order valence-electron chi connectivity index (χ1n) is 9.20. The Balaban J connectivity index is 1.60. The second kappa shape index (κ2) is 9.25. The van der Waals surface area contributed by atoms with E-state index in [2.05, 4.69) is 29.3 Å². The monoisotopic (exact) mass is 354 g/mol. The fraction of sp³-hybridized carbons (Fsp3) is 0.381. The number of nitrogens with zero attached hydrogens (tertiary/aromatic N) is 1. The summed E-state index contributed by atoms with van der Waals surface area (Å²) in [5.74, 6) is 1.40. The van der Waals surface area contributed by atoms with Crippen LogP contribution in [0.15, 0.2) is 48.5 Å². The second-order valence-corrected chi connectivity index (χ2v) is 6.46. The van der Waals surface area contributed by atoms with Crippen molar-refractivity contribution in [3.8, 4) is 11.5 Å². The van der Waals surface area contributed by atoms with Gasteiger partial charge in [0.25, 0.3) is 0 Å². The molecule has 1 aliphatic heterocycles. The average molecular weight is 354 g/mol. The van der Waals surface area contributed by atoms with Crippen LogP contribution in [0.3, 0.4) is 0 Å². The van der Waals surface area contributed by atoms with E-state index in [4.69, 9.17) is 9.47 Å². The quantitative estimate of drug-likeness (QED) is 0.824. The third-order valence-electron chi connectivity index (χ3n) is 4.19. The molecule has 0 saturated carbocycles. The number of fused-ring (bicyclic) bond motifs is 1. The largest absolute Gasteiger partial charge is 0.490 e. The molecule has 2 aromatic carbocycles. The Hall–Kier alpha value is -2.53. The summed E-state index contributed by atoms with van der Waals surface area (Å²) in [4.78, 5) is 14.7. The Morgan fingerprint density at radius 2 is 1.85 bits per heavy atom. The number of ether oxygens (including phenoxy) is 2. The number of amides is 1. The number of carbonyl (C=O) groups is 1. The molecule has 0 atom stereocenters. The number of anilines is 1. The van der Waals surface area contributed by atoms with E-state index in [1.165, 1.54) is 5.56 Å². The first-order chi connectivity index (χ1) is 12.7. The van der Waals surface area contributed by atoms with E-state index in [-0.39, 0.29) is 5.91 Å². The smallest absolute Gasteiger partial charge is 0.238 e. The number of nitrogens with one attached hydrogen (secondary N) is 1. The van der Waals surface area contributed by atoms with Gasteiger partial charge >= 0.3 is 0 Å². The minimum Gasteiger partial charge on any atom is -0.490 e. The van der Waals surface area contributed by atoms with E-state index < -0.39 is 0 Å². The van der Waals surface area contributed by atoms with Gasteiger partial charge < -0.3 is 14.8 Å². The predicted molar refractivity (Wildman–Crippen MR) is 103 cm³/mol. The lowest BCUT2D eigenvalue weighted by Gasteiger charge is -2.21. The lowest BCUT2D eigenvalue weighted by Crippen LogP contribution is -2.33. The standard InChI is InChI=1S/C21H26N2O3/c1-2-11-23(15-17-7-4-3-5-8-17)16-21(24)22-18-9-10-19-20(14-18)26-13-6-12-25-19/h3-5,7-10,14H,2,6,11-13,15-16H2,1H3,(H,22,24). The predicted octanol–water partition coefficient (Wildman–Crippen LogP) is 3.70. The Morgan fingerprint density at radius 1 is 1.08 bits per heavy atom. The van der Waals surface area contributed by atoms with E-state index in [9.17, 15) is 4.79 Å². The molecule has 0 aromatic heterocycles. The molecule has 0 fully saturated rings. The van der Waals surface area contributed by atoms with Gasteiger partial charge in [0.15, 0.2) is 11.5 Å². The van der Waals surface area contributed by atoms with Gasteiger partial charge in [0.05, 0.1) is 19.8 Å². The summed E-state index contributed by atoms with van der Waals surface area (Å²) in [6, 6.07) is 15.8. The molecule has 3 rings (SSSR count). The molecule has 5 nitrogen and oxygen atoms in total. The Labute approximate surface area is 154 Å². The molecule has 0 radical (unpaired) electrons. The average Bonchev–Trinajstić information content (AvgIpc) is 2.87. The molecule has 1 N–H and O–H groups in total. The summed E-state index contributed by atoms with van der Waals surface area (Å²) in [6.45, 7) is 5.42. The molecular weight excluding hydrogens is 328 g/mol. The van der Waals surface area contributed by atoms with E-state index in [1.54, 1.807) is 0 Å². The molecule has 1 aliphatic rings. The molecule has 26 heavy (non-hydrogen) atoms. The summed E-state index contributed by atoms with van der Waals surface area (Å²) in [5, 5.41) is 2.97. The molecule has 138 valence electrons. The normalized spacial score (nSPS) is 13.3. The maximum atomic E-state index is 12.5. The first-order valence-corrected chi connectivity index (χ1v) is 9.20. The number of hydrogen-bond acceptors (Lipinski definition) is 4. The lowest BCUT2D eigenvalue weighted by molar-refractivity contribution is -0.117. The molecule has 1 heterocycles. The fourth-order valence-electron chi connectivity index (χ4n) is 3.02. The zero-order valence-corrected chi connectivity index (χ0v) is 15.2. The van der Waals surface area contributed by atoms with Gasteiger partial charge in [-0.25, -0.2) is 0 Å². The topological polar surface area (TPSA) is 50.8 Å². The van der Waals surface area contributed by atoms with Crippen LogP contribution in [0.25, 0.3) is 0 Å². The van der Waals surface area contributed by atoms with Crippen molar-refractivity contribution in [2.45, 2.75) is 26.3 Å². The Kier molecular flexibility index (Phi) is 6.50. The molecule has 2 aromatic rings. The van der Waals surface area contributed by atoms with Crippen LogP contribution in [0, 0.1) is 0 Å². The molecular formula is C21H26N2O3. The minimum atomic E-state index is -0.0242. The highest BCUT2D eigenvalue weighted by Gasteiger charge is 2.14. The zero-order chi connectivity index (χ0) is 18.2. The third-order valence-corrected chi connectivity index (χ3v) is 4.19. The van der Waals surface area contributed by atoms with Gasteiger partial charge in [-0.05, 0) is 30.7 Å². The fourth-order valence-corrected chi connectivity index (χ4v) is 3.02. The molecule has 0 spiro atoms. The van der Waals surface area contributed by atoms with Crippen LogP contribution in [0.1, 0.15) is 25.3 Å². The highest BCUT2D eigenvalue weighted by Crippen LogP contribution is 2.32. The van der Waals surface area contributed by atoms with Crippen LogP contribution in [0.4, 0.5) is 5.69 Å². The summed E-state index contributed by atoms with van der Waals surface area (Å²) in [5.41, 5.74) is 1.94. The number of rotatable bonds is 7.